The predicted octanol–water partition coefficient (Wildman–Crippen LogP) is 4.63. The lowest BCUT2D eigenvalue weighted by Gasteiger charge is -2.09. The van der Waals surface area contributed by atoms with Crippen molar-refractivity contribution >= 4 is 15.9 Å². The predicted molar refractivity (Wildman–Crippen MR) is 80.5 cm³/mol. The monoisotopic (exact) mass is 339 g/mol. The molecule has 0 saturated heterocycles. The first-order chi connectivity index (χ1) is 9.47. The van der Waals surface area contributed by atoms with Crippen LogP contribution in [0.5, 0.6) is 0 Å². The third-order valence-electron chi connectivity index (χ3n) is 3.14. The molecule has 2 aromatic rings. The van der Waals surface area contributed by atoms with Crippen molar-refractivity contribution in [2.24, 2.45) is 0 Å². The average molecular weight is 340 g/mol. The number of hydrogen-bond acceptors (Lipinski definition) is 1. The number of aryl methyl sites for hydroxylation is 2. The van der Waals surface area contributed by atoms with Gasteiger partial charge in [-0.05, 0) is 64.2 Å². The van der Waals surface area contributed by atoms with Crippen molar-refractivity contribution in [1.29, 1.82) is 0 Å². The van der Waals surface area contributed by atoms with Crippen LogP contribution in [0, 0.1) is 25.5 Å². The van der Waals surface area contributed by atoms with Crippen LogP contribution in [0.15, 0.2) is 34.8 Å². The maximum Gasteiger partial charge on any atom is 0.137 e. The molecule has 0 radical (unpaired) electrons. The van der Waals surface area contributed by atoms with Gasteiger partial charge in [0.15, 0.2) is 0 Å². The molecular weight excluding hydrogens is 324 g/mol. The molecule has 0 aromatic heterocycles. The van der Waals surface area contributed by atoms with Crippen molar-refractivity contribution in [1.82, 2.24) is 5.32 Å². The molecule has 0 atom stereocenters. The number of halogens is 3. The summed E-state index contributed by atoms with van der Waals surface area (Å²) in [5.74, 6) is -0.415. The molecular formula is C16H16BrF2N. The van der Waals surface area contributed by atoms with E-state index in [1.54, 1.807) is 19.9 Å². The van der Waals surface area contributed by atoms with Crippen molar-refractivity contribution in [2.45, 2.75) is 26.9 Å². The number of benzene rings is 2. The molecule has 106 valence electrons. The third kappa shape index (κ3) is 3.64. The molecule has 0 aliphatic rings. The Morgan fingerprint density at radius 2 is 1.55 bits per heavy atom. The maximum absolute atomic E-state index is 13.5. The highest BCUT2D eigenvalue weighted by Crippen LogP contribution is 2.17. The van der Waals surface area contributed by atoms with E-state index in [2.05, 4.69) is 21.2 Å². The van der Waals surface area contributed by atoms with Crippen molar-refractivity contribution in [3.8, 4) is 0 Å². The molecule has 1 N–H and O–H groups in total. The van der Waals surface area contributed by atoms with Crippen molar-refractivity contribution < 1.29 is 8.78 Å². The molecule has 0 heterocycles. The normalized spacial score (nSPS) is 10.8. The van der Waals surface area contributed by atoms with Gasteiger partial charge in [0.1, 0.15) is 11.6 Å². The second-order valence-electron chi connectivity index (χ2n) is 4.90. The highest BCUT2D eigenvalue weighted by molar-refractivity contribution is 9.10. The van der Waals surface area contributed by atoms with Gasteiger partial charge < -0.3 is 5.32 Å². The first-order valence-corrected chi connectivity index (χ1v) is 7.17. The number of nitrogens with one attached hydrogen (secondary N) is 1. The van der Waals surface area contributed by atoms with Gasteiger partial charge in [-0.1, -0.05) is 18.2 Å². The summed E-state index contributed by atoms with van der Waals surface area (Å²) >= 11 is 3.13. The van der Waals surface area contributed by atoms with E-state index in [0.717, 1.165) is 11.1 Å². The lowest BCUT2D eigenvalue weighted by atomic mass is 10.1. The molecule has 2 aromatic carbocycles. The Bertz CT molecular complexity index is 603. The first kappa shape index (κ1) is 15.1. The van der Waals surface area contributed by atoms with E-state index in [1.807, 2.05) is 18.2 Å². The topological polar surface area (TPSA) is 12.0 Å². The summed E-state index contributed by atoms with van der Waals surface area (Å²) in [5.41, 5.74) is 3.20. The van der Waals surface area contributed by atoms with E-state index in [-0.39, 0.29) is 11.6 Å². The van der Waals surface area contributed by atoms with Crippen molar-refractivity contribution in [2.75, 3.05) is 0 Å². The first-order valence-electron chi connectivity index (χ1n) is 6.37. The number of hydrogen-bond donors (Lipinski definition) is 1. The van der Waals surface area contributed by atoms with E-state index < -0.39 is 0 Å². The average Bonchev–Trinajstić information content (AvgIpc) is 2.40. The standard InChI is InChI=1S/C16H16BrF2N/c1-10-5-13(6-11(2)16(10)19)9-20-8-12-3-4-14(17)15(18)7-12/h3-7,20H,8-9H2,1-2H3. The fourth-order valence-electron chi connectivity index (χ4n) is 2.14. The molecule has 0 saturated carbocycles. The Balaban J connectivity index is 1.97. The van der Waals surface area contributed by atoms with Gasteiger partial charge in [0.2, 0.25) is 0 Å². The van der Waals surface area contributed by atoms with E-state index >= 15 is 0 Å². The van der Waals surface area contributed by atoms with Gasteiger partial charge in [-0.3, -0.25) is 0 Å². The van der Waals surface area contributed by atoms with Crippen LogP contribution in [0.25, 0.3) is 0 Å². The zero-order chi connectivity index (χ0) is 14.7. The molecule has 20 heavy (non-hydrogen) atoms. The molecule has 0 aliphatic heterocycles. The number of rotatable bonds is 4. The Labute approximate surface area is 126 Å². The largest absolute Gasteiger partial charge is 0.309 e. The fourth-order valence-corrected chi connectivity index (χ4v) is 2.39. The molecule has 0 aliphatic carbocycles. The summed E-state index contributed by atoms with van der Waals surface area (Å²) in [6.45, 7) is 4.71. The van der Waals surface area contributed by atoms with Gasteiger partial charge in [0, 0.05) is 13.1 Å². The van der Waals surface area contributed by atoms with Crippen LogP contribution in [-0.2, 0) is 13.1 Å². The molecule has 0 unspecified atom stereocenters. The van der Waals surface area contributed by atoms with Crippen LogP contribution in [0.1, 0.15) is 22.3 Å². The van der Waals surface area contributed by atoms with Gasteiger partial charge in [0.05, 0.1) is 4.47 Å². The lowest BCUT2D eigenvalue weighted by Crippen LogP contribution is -2.13. The zero-order valence-corrected chi connectivity index (χ0v) is 13.0. The van der Waals surface area contributed by atoms with Crippen LogP contribution in [-0.4, -0.2) is 0 Å². The molecule has 0 bridgehead atoms. The Morgan fingerprint density at radius 3 is 2.15 bits per heavy atom. The van der Waals surface area contributed by atoms with E-state index in [1.165, 1.54) is 6.07 Å². The Kier molecular flexibility index (Phi) is 4.89. The summed E-state index contributed by atoms with van der Waals surface area (Å²) in [6.07, 6.45) is 0. The minimum absolute atomic E-state index is 0.149. The maximum atomic E-state index is 13.5. The van der Waals surface area contributed by atoms with Gasteiger partial charge in [-0.15, -0.1) is 0 Å². The third-order valence-corrected chi connectivity index (χ3v) is 3.78. The summed E-state index contributed by atoms with van der Waals surface area (Å²) in [5, 5.41) is 3.23. The van der Waals surface area contributed by atoms with Crippen LogP contribution in [0.4, 0.5) is 8.78 Å². The molecule has 0 amide bonds. The highest BCUT2D eigenvalue weighted by Gasteiger charge is 2.04. The van der Waals surface area contributed by atoms with E-state index in [4.69, 9.17) is 0 Å². The second kappa shape index (κ2) is 6.46. The fraction of sp³-hybridized carbons (Fsp3) is 0.250. The van der Waals surface area contributed by atoms with Crippen molar-refractivity contribution in [3.05, 3.63) is 68.7 Å². The Hall–Kier alpha value is -1.26. The SMILES string of the molecule is Cc1cc(CNCc2ccc(Br)c(F)c2)cc(C)c1F. The minimum atomic E-state index is -0.266. The summed E-state index contributed by atoms with van der Waals surface area (Å²) in [6, 6.07) is 8.72. The van der Waals surface area contributed by atoms with Crippen molar-refractivity contribution in [3.63, 3.8) is 0 Å². The van der Waals surface area contributed by atoms with Crippen LogP contribution >= 0.6 is 15.9 Å². The van der Waals surface area contributed by atoms with Crippen LogP contribution in [0.2, 0.25) is 0 Å². The molecule has 4 heteroatoms. The smallest absolute Gasteiger partial charge is 0.137 e. The summed E-state index contributed by atoms with van der Waals surface area (Å²) < 4.78 is 27.3. The summed E-state index contributed by atoms with van der Waals surface area (Å²) in [7, 11) is 0. The molecule has 1 nitrogen and oxygen atoms in total. The highest BCUT2D eigenvalue weighted by atomic mass is 79.9. The molecule has 2 rings (SSSR count). The van der Waals surface area contributed by atoms with Gasteiger partial charge >= 0.3 is 0 Å². The quantitative estimate of drug-likeness (QED) is 0.855. The minimum Gasteiger partial charge on any atom is -0.309 e. The zero-order valence-electron chi connectivity index (χ0n) is 11.4. The van der Waals surface area contributed by atoms with Crippen LogP contribution in [0.3, 0.4) is 0 Å². The second-order valence-corrected chi connectivity index (χ2v) is 5.75. The molecule has 0 fully saturated rings. The van der Waals surface area contributed by atoms with Gasteiger partial charge in [0.25, 0.3) is 0 Å². The van der Waals surface area contributed by atoms with E-state index in [0.29, 0.717) is 28.7 Å². The lowest BCUT2D eigenvalue weighted by molar-refractivity contribution is 0.604. The van der Waals surface area contributed by atoms with E-state index in [9.17, 15) is 8.78 Å². The van der Waals surface area contributed by atoms with Gasteiger partial charge in [-0.25, -0.2) is 8.78 Å². The molecule has 0 spiro atoms. The van der Waals surface area contributed by atoms with Gasteiger partial charge in [-0.2, -0.15) is 0 Å². The Morgan fingerprint density at radius 1 is 0.950 bits per heavy atom. The summed E-state index contributed by atoms with van der Waals surface area (Å²) in [4.78, 5) is 0. The van der Waals surface area contributed by atoms with Crippen LogP contribution < -0.4 is 5.32 Å².